The molecule has 0 saturated heterocycles. The highest BCUT2D eigenvalue weighted by molar-refractivity contribution is 8.00. The van der Waals surface area contributed by atoms with E-state index in [0.29, 0.717) is 11.6 Å². The second kappa shape index (κ2) is 6.14. The average Bonchev–Trinajstić information content (AvgIpc) is 3.20. The Morgan fingerprint density at radius 3 is 2.70 bits per heavy atom. The highest BCUT2D eigenvalue weighted by Crippen LogP contribution is 2.30. The maximum absolute atomic E-state index is 13.0. The van der Waals surface area contributed by atoms with Gasteiger partial charge in [-0.15, -0.1) is 11.3 Å². The molecule has 0 aliphatic carbocycles. The van der Waals surface area contributed by atoms with Crippen LogP contribution in [0.2, 0.25) is 0 Å². The van der Waals surface area contributed by atoms with Gasteiger partial charge in [0.25, 0.3) is 0 Å². The Balaban J connectivity index is 1.48. The van der Waals surface area contributed by atoms with Crippen LogP contribution < -0.4 is 0 Å². The van der Waals surface area contributed by atoms with Crippen molar-refractivity contribution in [2.45, 2.75) is 10.1 Å². The van der Waals surface area contributed by atoms with Gasteiger partial charge in [-0.1, -0.05) is 23.9 Å². The summed E-state index contributed by atoms with van der Waals surface area (Å²) in [4.78, 5) is 9.02. The minimum absolute atomic E-state index is 0.241. The minimum atomic E-state index is -0.241. The molecule has 2 heterocycles. The van der Waals surface area contributed by atoms with E-state index in [1.54, 1.807) is 35.2 Å². The van der Waals surface area contributed by atoms with E-state index in [9.17, 15) is 4.39 Å². The molecule has 0 spiro atoms. The molecule has 0 amide bonds. The second-order valence-corrected chi connectivity index (χ2v) is 6.95. The molecular weight excluding hydrogens is 331 g/mol. The molecule has 2 aromatic carbocycles. The van der Waals surface area contributed by atoms with Crippen molar-refractivity contribution in [1.29, 1.82) is 0 Å². The molecule has 23 heavy (non-hydrogen) atoms. The lowest BCUT2D eigenvalue weighted by Gasteiger charge is -1.96. The van der Waals surface area contributed by atoms with E-state index in [-0.39, 0.29) is 5.82 Å². The molecule has 0 unspecified atom stereocenters. The van der Waals surface area contributed by atoms with Gasteiger partial charge in [-0.25, -0.2) is 14.4 Å². The van der Waals surface area contributed by atoms with Gasteiger partial charge in [0.2, 0.25) is 5.89 Å². The first-order valence-corrected chi connectivity index (χ1v) is 8.83. The van der Waals surface area contributed by atoms with E-state index in [0.717, 1.165) is 26.7 Å². The topological polar surface area (TPSA) is 38.9 Å². The molecule has 3 nitrogen and oxygen atoms in total. The number of para-hydroxylation sites is 2. The van der Waals surface area contributed by atoms with Gasteiger partial charge in [0.15, 0.2) is 9.92 Å². The Hall–Kier alpha value is -2.18. The summed E-state index contributed by atoms with van der Waals surface area (Å²) in [5.41, 5.74) is 3.44. The summed E-state index contributed by atoms with van der Waals surface area (Å²) < 4.78 is 19.6. The van der Waals surface area contributed by atoms with Crippen molar-refractivity contribution < 1.29 is 8.81 Å². The van der Waals surface area contributed by atoms with Gasteiger partial charge in [-0.3, -0.25) is 0 Å². The first-order valence-electron chi connectivity index (χ1n) is 6.97. The fraction of sp³-hybridized carbons (Fsp3) is 0.0588. The number of thiazole rings is 1. The molecule has 0 N–H and O–H groups in total. The molecule has 4 rings (SSSR count). The molecule has 0 fully saturated rings. The number of hydrogen-bond acceptors (Lipinski definition) is 5. The monoisotopic (exact) mass is 342 g/mol. The summed E-state index contributed by atoms with van der Waals surface area (Å²) in [6, 6.07) is 14.1. The van der Waals surface area contributed by atoms with Crippen LogP contribution in [-0.4, -0.2) is 9.97 Å². The zero-order valence-corrected chi connectivity index (χ0v) is 13.5. The average molecular weight is 342 g/mol. The lowest BCUT2D eigenvalue weighted by molar-refractivity contribution is 0.556. The van der Waals surface area contributed by atoms with E-state index in [1.807, 2.05) is 29.6 Å². The molecule has 0 aliphatic rings. The van der Waals surface area contributed by atoms with Gasteiger partial charge in [0.05, 0.1) is 11.4 Å². The number of benzene rings is 2. The lowest BCUT2D eigenvalue weighted by atomic mass is 10.2. The molecule has 114 valence electrons. The minimum Gasteiger partial charge on any atom is -0.440 e. The third-order valence-corrected chi connectivity index (χ3v) is 5.29. The largest absolute Gasteiger partial charge is 0.440 e. The SMILES string of the molecule is Fc1ccc(-c2csc(SCc3nc4ccccc4o3)n2)cc1. The van der Waals surface area contributed by atoms with Crippen LogP contribution in [0.5, 0.6) is 0 Å². The highest BCUT2D eigenvalue weighted by atomic mass is 32.2. The zero-order chi connectivity index (χ0) is 15.6. The molecule has 2 aromatic heterocycles. The predicted molar refractivity (Wildman–Crippen MR) is 91.1 cm³/mol. The third-order valence-electron chi connectivity index (χ3n) is 3.28. The lowest BCUT2D eigenvalue weighted by Crippen LogP contribution is -1.81. The first kappa shape index (κ1) is 14.4. The normalized spacial score (nSPS) is 11.2. The molecule has 0 aliphatic heterocycles. The third kappa shape index (κ3) is 3.13. The Labute approximate surface area is 140 Å². The van der Waals surface area contributed by atoms with Crippen molar-refractivity contribution in [3.63, 3.8) is 0 Å². The molecular formula is C17H11FN2OS2. The van der Waals surface area contributed by atoms with Gasteiger partial charge >= 0.3 is 0 Å². The number of aromatic nitrogens is 2. The first-order chi connectivity index (χ1) is 11.3. The number of oxazole rings is 1. The van der Waals surface area contributed by atoms with Crippen molar-refractivity contribution in [3.05, 3.63) is 65.6 Å². The van der Waals surface area contributed by atoms with Gasteiger partial charge in [0.1, 0.15) is 11.3 Å². The summed E-state index contributed by atoms with van der Waals surface area (Å²) in [7, 11) is 0. The van der Waals surface area contributed by atoms with Crippen LogP contribution >= 0.6 is 23.1 Å². The van der Waals surface area contributed by atoms with Gasteiger partial charge < -0.3 is 4.42 Å². The number of fused-ring (bicyclic) bond motifs is 1. The van der Waals surface area contributed by atoms with Crippen molar-refractivity contribution in [2.75, 3.05) is 0 Å². The van der Waals surface area contributed by atoms with Crippen LogP contribution in [0.1, 0.15) is 5.89 Å². The number of nitrogens with zero attached hydrogens (tertiary/aromatic N) is 2. The van der Waals surface area contributed by atoms with Crippen LogP contribution in [0.25, 0.3) is 22.4 Å². The van der Waals surface area contributed by atoms with E-state index >= 15 is 0 Å². The maximum atomic E-state index is 13.0. The summed E-state index contributed by atoms with van der Waals surface area (Å²) in [6.07, 6.45) is 0. The van der Waals surface area contributed by atoms with E-state index in [2.05, 4.69) is 9.97 Å². The smallest absolute Gasteiger partial charge is 0.205 e. The summed E-state index contributed by atoms with van der Waals surface area (Å²) in [5, 5.41) is 1.97. The van der Waals surface area contributed by atoms with Gasteiger partial charge in [-0.05, 0) is 36.4 Å². The van der Waals surface area contributed by atoms with Crippen LogP contribution in [0.3, 0.4) is 0 Å². The quantitative estimate of drug-likeness (QED) is 0.467. The summed E-state index contributed by atoms with van der Waals surface area (Å²) in [5.74, 6) is 1.08. The molecule has 0 saturated carbocycles. The van der Waals surface area contributed by atoms with Crippen LogP contribution in [0, 0.1) is 5.82 Å². The van der Waals surface area contributed by atoms with Gasteiger partial charge in [0, 0.05) is 10.9 Å². The molecule has 4 aromatic rings. The number of hydrogen-bond donors (Lipinski definition) is 0. The fourth-order valence-corrected chi connectivity index (χ4v) is 3.86. The predicted octanol–water partition coefficient (Wildman–Crippen LogP) is 5.38. The molecule has 0 radical (unpaired) electrons. The number of rotatable bonds is 4. The van der Waals surface area contributed by atoms with Crippen molar-refractivity contribution in [3.8, 4) is 11.3 Å². The fourth-order valence-electron chi connectivity index (χ4n) is 2.18. The van der Waals surface area contributed by atoms with Crippen LogP contribution in [-0.2, 0) is 5.75 Å². The summed E-state index contributed by atoms with van der Waals surface area (Å²) >= 11 is 3.15. The molecule has 0 bridgehead atoms. The second-order valence-electron chi connectivity index (χ2n) is 4.87. The van der Waals surface area contributed by atoms with Gasteiger partial charge in [-0.2, -0.15) is 0 Å². The molecule has 0 atom stereocenters. The zero-order valence-electron chi connectivity index (χ0n) is 11.9. The summed E-state index contributed by atoms with van der Waals surface area (Å²) in [6.45, 7) is 0. The number of thioether (sulfide) groups is 1. The van der Waals surface area contributed by atoms with Crippen LogP contribution in [0.15, 0.2) is 62.7 Å². The standard InChI is InChI=1S/C17H11FN2OS2/c18-12-7-5-11(6-8-12)14-9-22-17(20-14)23-10-16-19-13-3-1-2-4-15(13)21-16/h1-9H,10H2. The van der Waals surface area contributed by atoms with Crippen LogP contribution in [0.4, 0.5) is 4.39 Å². The van der Waals surface area contributed by atoms with Crippen molar-refractivity contribution >= 4 is 34.2 Å². The Morgan fingerprint density at radius 2 is 1.87 bits per heavy atom. The van der Waals surface area contributed by atoms with E-state index in [1.165, 1.54) is 12.1 Å². The Morgan fingerprint density at radius 1 is 1.04 bits per heavy atom. The van der Waals surface area contributed by atoms with Crippen molar-refractivity contribution in [1.82, 2.24) is 9.97 Å². The van der Waals surface area contributed by atoms with E-state index < -0.39 is 0 Å². The Kier molecular flexibility index (Phi) is 3.85. The highest BCUT2D eigenvalue weighted by Gasteiger charge is 2.09. The molecule has 6 heteroatoms. The Bertz CT molecular complexity index is 914. The number of halogens is 1. The van der Waals surface area contributed by atoms with Crippen molar-refractivity contribution in [2.24, 2.45) is 0 Å². The van der Waals surface area contributed by atoms with E-state index in [4.69, 9.17) is 4.42 Å². The maximum Gasteiger partial charge on any atom is 0.205 e.